The minimum Gasteiger partial charge on any atom is -0.237 e. The van der Waals surface area contributed by atoms with Crippen LogP contribution in [-0.4, -0.2) is 9.97 Å². The van der Waals surface area contributed by atoms with Crippen LogP contribution in [-0.2, 0) is 5.41 Å². The highest BCUT2D eigenvalue weighted by atomic mass is 35.5. The van der Waals surface area contributed by atoms with E-state index in [1.807, 2.05) is 12.1 Å². The van der Waals surface area contributed by atoms with Crippen molar-refractivity contribution in [3.05, 3.63) is 58.6 Å². The van der Waals surface area contributed by atoms with E-state index in [0.717, 1.165) is 24.4 Å². The molecule has 0 N–H and O–H groups in total. The SMILES string of the molecule is CC(C)c1cc(Cl)nc(C2(c3ccccc3)CCC2)n1. The first-order valence-electron chi connectivity index (χ1n) is 7.22. The molecule has 3 rings (SSSR count). The molecule has 1 heterocycles. The van der Waals surface area contributed by atoms with Crippen LogP contribution in [0.2, 0.25) is 5.15 Å². The molecule has 2 nitrogen and oxygen atoms in total. The number of halogens is 1. The third-order valence-corrected chi connectivity index (χ3v) is 4.46. The Labute approximate surface area is 125 Å². The first-order chi connectivity index (χ1) is 9.62. The molecule has 2 aromatic rings. The van der Waals surface area contributed by atoms with E-state index in [1.54, 1.807) is 0 Å². The number of hydrogen-bond acceptors (Lipinski definition) is 2. The molecule has 20 heavy (non-hydrogen) atoms. The summed E-state index contributed by atoms with van der Waals surface area (Å²) in [5, 5.41) is 0.556. The maximum absolute atomic E-state index is 6.22. The van der Waals surface area contributed by atoms with Crippen molar-refractivity contribution in [3.8, 4) is 0 Å². The Morgan fingerprint density at radius 2 is 1.80 bits per heavy atom. The summed E-state index contributed by atoms with van der Waals surface area (Å²) >= 11 is 6.22. The molecule has 1 aliphatic carbocycles. The van der Waals surface area contributed by atoms with Gasteiger partial charge in [0, 0.05) is 5.69 Å². The predicted octanol–water partition coefficient (Wildman–Crippen LogP) is 4.72. The number of rotatable bonds is 3. The van der Waals surface area contributed by atoms with Crippen molar-refractivity contribution in [2.75, 3.05) is 0 Å². The lowest BCUT2D eigenvalue weighted by Crippen LogP contribution is -2.37. The van der Waals surface area contributed by atoms with Crippen molar-refractivity contribution in [1.82, 2.24) is 9.97 Å². The van der Waals surface area contributed by atoms with E-state index in [1.165, 1.54) is 12.0 Å². The lowest BCUT2D eigenvalue weighted by Gasteiger charge is -2.41. The fourth-order valence-electron chi connectivity index (χ4n) is 2.87. The van der Waals surface area contributed by atoms with Gasteiger partial charge in [-0.1, -0.05) is 62.2 Å². The summed E-state index contributed by atoms with van der Waals surface area (Å²) in [6.45, 7) is 4.27. The van der Waals surface area contributed by atoms with E-state index < -0.39 is 0 Å². The summed E-state index contributed by atoms with van der Waals surface area (Å²) in [5.74, 6) is 1.26. The molecule has 1 aliphatic rings. The number of benzene rings is 1. The molecule has 1 aromatic heterocycles. The molecule has 104 valence electrons. The molecule has 0 spiro atoms. The molecule has 1 fully saturated rings. The van der Waals surface area contributed by atoms with E-state index in [0.29, 0.717) is 11.1 Å². The van der Waals surface area contributed by atoms with Gasteiger partial charge in [0.1, 0.15) is 11.0 Å². The van der Waals surface area contributed by atoms with Crippen LogP contribution in [0.3, 0.4) is 0 Å². The Bertz CT molecular complexity index is 604. The highest BCUT2D eigenvalue weighted by Gasteiger charge is 2.43. The molecule has 0 unspecified atom stereocenters. The van der Waals surface area contributed by atoms with Gasteiger partial charge < -0.3 is 0 Å². The zero-order valence-corrected chi connectivity index (χ0v) is 12.7. The minimum atomic E-state index is -0.0319. The lowest BCUT2D eigenvalue weighted by atomic mass is 9.64. The fourth-order valence-corrected chi connectivity index (χ4v) is 3.07. The standard InChI is InChI=1S/C17H19ClN2/c1-12(2)14-11-15(18)20-16(19-14)17(9-6-10-17)13-7-4-3-5-8-13/h3-5,7-8,11-12H,6,9-10H2,1-2H3. The van der Waals surface area contributed by atoms with Gasteiger partial charge >= 0.3 is 0 Å². The fraction of sp³-hybridized carbons (Fsp3) is 0.412. The van der Waals surface area contributed by atoms with Crippen molar-refractivity contribution in [2.45, 2.75) is 44.4 Å². The third kappa shape index (κ3) is 2.22. The molecular weight excluding hydrogens is 268 g/mol. The molecule has 1 saturated carbocycles. The second kappa shape index (κ2) is 5.17. The van der Waals surface area contributed by atoms with Gasteiger partial charge in [0.25, 0.3) is 0 Å². The zero-order valence-electron chi connectivity index (χ0n) is 11.9. The van der Waals surface area contributed by atoms with E-state index in [2.05, 4.69) is 43.1 Å². The average Bonchev–Trinajstić information content (AvgIpc) is 2.38. The zero-order chi connectivity index (χ0) is 14.2. The lowest BCUT2D eigenvalue weighted by molar-refractivity contribution is 0.284. The van der Waals surface area contributed by atoms with E-state index in [9.17, 15) is 0 Å². The Morgan fingerprint density at radius 3 is 2.35 bits per heavy atom. The van der Waals surface area contributed by atoms with Gasteiger partial charge in [-0.2, -0.15) is 0 Å². The van der Waals surface area contributed by atoms with Gasteiger partial charge in [-0.3, -0.25) is 0 Å². The highest BCUT2D eigenvalue weighted by Crippen LogP contribution is 2.47. The Morgan fingerprint density at radius 1 is 1.10 bits per heavy atom. The summed E-state index contributed by atoms with van der Waals surface area (Å²) in [7, 11) is 0. The molecule has 0 atom stereocenters. The van der Waals surface area contributed by atoms with Crippen molar-refractivity contribution >= 4 is 11.6 Å². The summed E-state index contributed by atoms with van der Waals surface area (Å²) in [4.78, 5) is 9.35. The molecule has 3 heteroatoms. The largest absolute Gasteiger partial charge is 0.237 e. The van der Waals surface area contributed by atoms with Gasteiger partial charge in [0.2, 0.25) is 0 Å². The van der Waals surface area contributed by atoms with Crippen LogP contribution in [0.5, 0.6) is 0 Å². The average molecular weight is 287 g/mol. The van der Waals surface area contributed by atoms with Crippen LogP contribution in [0.4, 0.5) is 0 Å². The van der Waals surface area contributed by atoms with E-state index in [-0.39, 0.29) is 5.41 Å². The van der Waals surface area contributed by atoms with Crippen molar-refractivity contribution in [3.63, 3.8) is 0 Å². The Kier molecular flexibility index (Phi) is 3.51. The second-order valence-corrected chi connectivity index (χ2v) is 6.28. The van der Waals surface area contributed by atoms with Crippen LogP contribution in [0, 0.1) is 0 Å². The number of hydrogen-bond donors (Lipinski definition) is 0. The van der Waals surface area contributed by atoms with Crippen LogP contribution in [0.1, 0.15) is 56.1 Å². The van der Waals surface area contributed by atoms with Crippen LogP contribution in [0.25, 0.3) is 0 Å². The summed E-state index contributed by atoms with van der Waals surface area (Å²) < 4.78 is 0. The first kappa shape index (κ1) is 13.6. The molecular formula is C17H19ClN2. The van der Waals surface area contributed by atoms with Crippen LogP contribution in [0.15, 0.2) is 36.4 Å². The summed E-state index contributed by atoms with van der Waals surface area (Å²) in [6, 6.07) is 12.5. The summed E-state index contributed by atoms with van der Waals surface area (Å²) in [5.41, 5.74) is 2.31. The quantitative estimate of drug-likeness (QED) is 0.763. The molecule has 1 aromatic carbocycles. The summed E-state index contributed by atoms with van der Waals surface area (Å²) in [6.07, 6.45) is 3.44. The maximum Gasteiger partial charge on any atom is 0.140 e. The second-order valence-electron chi connectivity index (χ2n) is 5.90. The maximum atomic E-state index is 6.22. The van der Waals surface area contributed by atoms with E-state index >= 15 is 0 Å². The monoisotopic (exact) mass is 286 g/mol. The van der Waals surface area contributed by atoms with Crippen molar-refractivity contribution in [2.24, 2.45) is 0 Å². The Hall–Kier alpha value is -1.41. The minimum absolute atomic E-state index is 0.0319. The molecule has 0 amide bonds. The first-order valence-corrected chi connectivity index (χ1v) is 7.60. The topological polar surface area (TPSA) is 25.8 Å². The van der Waals surface area contributed by atoms with Gasteiger partial charge in [-0.15, -0.1) is 0 Å². The van der Waals surface area contributed by atoms with Gasteiger partial charge in [-0.25, -0.2) is 9.97 Å². The number of nitrogens with zero attached hydrogens (tertiary/aromatic N) is 2. The molecule has 0 aliphatic heterocycles. The van der Waals surface area contributed by atoms with Crippen molar-refractivity contribution < 1.29 is 0 Å². The van der Waals surface area contributed by atoms with Crippen LogP contribution < -0.4 is 0 Å². The van der Waals surface area contributed by atoms with Gasteiger partial charge in [-0.05, 0) is 30.4 Å². The third-order valence-electron chi connectivity index (χ3n) is 4.27. The van der Waals surface area contributed by atoms with Crippen LogP contribution >= 0.6 is 11.6 Å². The molecule has 0 bridgehead atoms. The van der Waals surface area contributed by atoms with Gasteiger partial charge in [0.05, 0.1) is 5.41 Å². The Balaban J connectivity index is 2.10. The predicted molar refractivity (Wildman–Crippen MR) is 82.2 cm³/mol. The smallest absolute Gasteiger partial charge is 0.140 e. The van der Waals surface area contributed by atoms with E-state index in [4.69, 9.17) is 16.6 Å². The highest BCUT2D eigenvalue weighted by molar-refractivity contribution is 6.29. The van der Waals surface area contributed by atoms with Crippen molar-refractivity contribution in [1.29, 1.82) is 0 Å². The number of aromatic nitrogens is 2. The van der Waals surface area contributed by atoms with Gasteiger partial charge in [0.15, 0.2) is 0 Å². The molecule has 0 radical (unpaired) electrons. The normalized spacial score (nSPS) is 17.0. The molecule has 0 saturated heterocycles.